The first kappa shape index (κ1) is 16.9. The molecule has 0 spiro atoms. The molecule has 1 aromatic rings. The predicted molar refractivity (Wildman–Crippen MR) is 92.3 cm³/mol. The molecular formula is C17H28BrN3. The maximum atomic E-state index is 4.30. The second-order valence-electron chi connectivity index (χ2n) is 6.62. The molecule has 0 aliphatic carbocycles. The molecule has 2 atom stereocenters. The summed E-state index contributed by atoms with van der Waals surface area (Å²) in [5.41, 5.74) is 1.30. The molecule has 2 unspecified atom stereocenters. The summed E-state index contributed by atoms with van der Waals surface area (Å²) in [7, 11) is 0. The zero-order chi connectivity index (χ0) is 15.2. The maximum Gasteiger partial charge on any atom is 0.0410 e. The SMILES string of the molecule is CCCC1CN(Cc2cncc(Br)c2)C(CC(C)C)CN1. The molecule has 0 saturated carbocycles. The van der Waals surface area contributed by atoms with Gasteiger partial charge in [-0.2, -0.15) is 0 Å². The van der Waals surface area contributed by atoms with Crippen molar-refractivity contribution in [2.75, 3.05) is 13.1 Å². The quantitative estimate of drug-likeness (QED) is 0.842. The van der Waals surface area contributed by atoms with Gasteiger partial charge >= 0.3 is 0 Å². The lowest BCUT2D eigenvalue weighted by Gasteiger charge is -2.41. The van der Waals surface area contributed by atoms with Crippen LogP contribution in [0.1, 0.15) is 45.6 Å². The topological polar surface area (TPSA) is 28.2 Å². The molecule has 2 rings (SSSR count). The Kier molecular flexibility index (Phi) is 6.65. The lowest BCUT2D eigenvalue weighted by molar-refractivity contribution is 0.103. The fourth-order valence-corrected chi connectivity index (χ4v) is 3.63. The fraction of sp³-hybridized carbons (Fsp3) is 0.706. The first-order valence-corrected chi connectivity index (χ1v) is 8.94. The molecule has 1 fully saturated rings. The lowest BCUT2D eigenvalue weighted by atomic mass is 9.97. The van der Waals surface area contributed by atoms with E-state index in [9.17, 15) is 0 Å². The molecule has 118 valence electrons. The third-order valence-corrected chi connectivity index (χ3v) is 4.57. The van der Waals surface area contributed by atoms with E-state index >= 15 is 0 Å². The van der Waals surface area contributed by atoms with Crippen molar-refractivity contribution < 1.29 is 0 Å². The summed E-state index contributed by atoms with van der Waals surface area (Å²) in [6.45, 7) is 10.2. The zero-order valence-corrected chi connectivity index (χ0v) is 15.1. The number of nitrogens with one attached hydrogen (secondary N) is 1. The number of nitrogens with zero attached hydrogens (tertiary/aromatic N) is 2. The van der Waals surface area contributed by atoms with Crippen LogP contribution in [0, 0.1) is 5.92 Å². The Balaban J connectivity index is 2.05. The summed E-state index contributed by atoms with van der Waals surface area (Å²) >= 11 is 3.53. The van der Waals surface area contributed by atoms with Gasteiger partial charge < -0.3 is 5.32 Å². The van der Waals surface area contributed by atoms with Gasteiger partial charge in [-0.3, -0.25) is 9.88 Å². The third kappa shape index (κ3) is 5.35. The van der Waals surface area contributed by atoms with Crippen molar-refractivity contribution in [1.29, 1.82) is 0 Å². The Bertz CT molecular complexity index is 436. The van der Waals surface area contributed by atoms with Gasteiger partial charge in [-0.25, -0.2) is 0 Å². The molecule has 1 saturated heterocycles. The number of rotatable bonds is 6. The minimum absolute atomic E-state index is 0.636. The summed E-state index contributed by atoms with van der Waals surface area (Å²) in [6.07, 6.45) is 7.62. The molecule has 3 nitrogen and oxygen atoms in total. The van der Waals surface area contributed by atoms with Gasteiger partial charge in [0, 0.05) is 48.6 Å². The van der Waals surface area contributed by atoms with Crippen LogP contribution in [0.5, 0.6) is 0 Å². The van der Waals surface area contributed by atoms with Crippen LogP contribution in [0.4, 0.5) is 0 Å². The van der Waals surface area contributed by atoms with Crippen LogP contribution in [0.15, 0.2) is 22.9 Å². The van der Waals surface area contributed by atoms with Gasteiger partial charge in [0.05, 0.1) is 0 Å². The van der Waals surface area contributed by atoms with E-state index in [1.54, 1.807) is 0 Å². The molecule has 0 radical (unpaired) electrons. The van der Waals surface area contributed by atoms with E-state index < -0.39 is 0 Å². The highest BCUT2D eigenvalue weighted by atomic mass is 79.9. The lowest BCUT2D eigenvalue weighted by Crippen LogP contribution is -2.56. The first-order chi connectivity index (χ1) is 10.1. The molecule has 2 heterocycles. The van der Waals surface area contributed by atoms with Crippen molar-refractivity contribution in [2.24, 2.45) is 5.92 Å². The summed E-state index contributed by atoms with van der Waals surface area (Å²) in [4.78, 5) is 6.95. The summed E-state index contributed by atoms with van der Waals surface area (Å²) < 4.78 is 1.07. The Hall–Kier alpha value is -0.450. The summed E-state index contributed by atoms with van der Waals surface area (Å²) in [5.74, 6) is 0.739. The Morgan fingerprint density at radius 1 is 1.43 bits per heavy atom. The van der Waals surface area contributed by atoms with Gasteiger partial charge in [-0.05, 0) is 46.3 Å². The molecule has 0 bridgehead atoms. The number of halogens is 1. The average molecular weight is 354 g/mol. The van der Waals surface area contributed by atoms with Crippen LogP contribution in [-0.2, 0) is 6.54 Å². The van der Waals surface area contributed by atoms with Crippen LogP contribution in [0.2, 0.25) is 0 Å². The van der Waals surface area contributed by atoms with Gasteiger partial charge in [-0.1, -0.05) is 27.2 Å². The monoisotopic (exact) mass is 353 g/mol. The van der Waals surface area contributed by atoms with Crippen LogP contribution in [0.25, 0.3) is 0 Å². The van der Waals surface area contributed by atoms with Crippen LogP contribution in [-0.4, -0.2) is 35.1 Å². The van der Waals surface area contributed by atoms with Gasteiger partial charge in [0.2, 0.25) is 0 Å². The molecule has 1 aromatic heterocycles. The van der Waals surface area contributed by atoms with Crippen molar-refractivity contribution in [1.82, 2.24) is 15.2 Å². The van der Waals surface area contributed by atoms with E-state index in [2.05, 4.69) is 58.0 Å². The largest absolute Gasteiger partial charge is 0.311 e. The van der Waals surface area contributed by atoms with Crippen LogP contribution < -0.4 is 5.32 Å². The number of aromatic nitrogens is 1. The number of piperazine rings is 1. The van der Waals surface area contributed by atoms with Crippen molar-refractivity contribution in [3.8, 4) is 0 Å². The van der Waals surface area contributed by atoms with E-state index in [4.69, 9.17) is 0 Å². The predicted octanol–water partition coefficient (Wildman–Crippen LogP) is 3.83. The minimum atomic E-state index is 0.636. The Morgan fingerprint density at radius 3 is 2.90 bits per heavy atom. The van der Waals surface area contributed by atoms with Gasteiger partial charge in [0.15, 0.2) is 0 Å². The van der Waals surface area contributed by atoms with E-state index in [1.807, 2.05) is 12.4 Å². The van der Waals surface area contributed by atoms with Gasteiger partial charge in [0.25, 0.3) is 0 Å². The van der Waals surface area contributed by atoms with E-state index in [0.717, 1.165) is 30.0 Å². The van der Waals surface area contributed by atoms with E-state index in [1.165, 1.54) is 24.8 Å². The Morgan fingerprint density at radius 2 is 2.24 bits per heavy atom. The van der Waals surface area contributed by atoms with Crippen LogP contribution in [0.3, 0.4) is 0 Å². The molecule has 4 heteroatoms. The van der Waals surface area contributed by atoms with Crippen molar-refractivity contribution in [2.45, 2.75) is 58.7 Å². The average Bonchev–Trinajstić information content (AvgIpc) is 2.41. The molecule has 1 aliphatic rings. The first-order valence-electron chi connectivity index (χ1n) is 8.15. The summed E-state index contributed by atoms with van der Waals surface area (Å²) in [5, 5.41) is 3.74. The molecule has 1 aliphatic heterocycles. The van der Waals surface area contributed by atoms with E-state index in [-0.39, 0.29) is 0 Å². The van der Waals surface area contributed by atoms with Gasteiger partial charge in [-0.15, -0.1) is 0 Å². The third-order valence-electron chi connectivity index (χ3n) is 4.14. The Labute approximate surface area is 137 Å². The molecule has 0 amide bonds. The highest BCUT2D eigenvalue weighted by Crippen LogP contribution is 2.20. The fourth-order valence-electron chi connectivity index (χ4n) is 3.22. The molecule has 21 heavy (non-hydrogen) atoms. The van der Waals surface area contributed by atoms with E-state index in [0.29, 0.717) is 12.1 Å². The molecule has 1 N–H and O–H groups in total. The highest BCUT2D eigenvalue weighted by Gasteiger charge is 2.27. The minimum Gasteiger partial charge on any atom is -0.311 e. The number of pyridine rings is 1. The number of hydrogen-bond acceptors (Lipinski definition) is 3. The van der Waals surface area contributed by atoms with Crippen molar-refractivity contribution in [3.05, 3.63) is 28.5 Å². The second-order valence-corrected chi connectivity index (χ2v) is 7.53. The zero-order valence-electron chi connectivity index (χ0n) is 13.5. The molecule has 0 aromatic carbocycles. The highest BCUT2D eigenvalue weighted by molar-refractivity contribution is 9.10. The number of hydrogen-bond donors (Lipinski definition) is 1. The summed E-state index contributed by atoms with van der Waals surface area (Å²) in [6, 6.07) is 3.46. The molecular weight excluding hydrogens is 326 g/mol. The van der Waals surface area contributed by atoms with Crippen molar-refractivity contribution >= 4 is 15.9 Å². The smallest absolute Gasteiger partial charge is 0.0410 e. The maximum absolute atomic E-state index is 4.30. The van der Waals surface area contributed by atoms with Gasteiger partial charge in [0.1, 0.15) is 0 Å². The van der Waals surface area contributed by atoms with Crippen molar-refractivity contribution in [3.63, 3.8) is 0 Å². The normalized spacial score (nSPS) is 23.7. The standard InChI is InChI=1S/C17H28BrN3/c1-4-5-16-12-21(17(10-20-16)6-13(2)3)11-14-7-15(18)9-19-8-14/h7-9,13,16-17,20H,4-6,10-12H2,1-3H3. The van der Waals surface area contributed by atoms with Crippen LogP contribution >= 0.6 is 15.9 Å². The second kappa shape index (κ2) is 8.25.